The lowest BCUT2D eigenvalue weighted by molar-refractivity contribution is 0.752. The van der Waals surface area contributed by atoms with E-state index in [2.05, 4.69) is 23.5 Å². The molecule has 0 heterocycles. The summed E-state index contributed by atoms with van der Waals surface area (Å²) in [4.78, 5) is 2.74. The quantitative estimate of drug-likeness (QED) is 0.234. The molecule has 0 spiro atoms. The standard InChI is InChI=1S/C6H9N3/c1-3-6(8-9-7)4-5(6)2/h3,5H,1,4H2,2H3/t5-,6+/m0/s1. The van der Waals surface area contributed by atoms with Gasteiger partial charge in [-0.25, -0.2) is 0 Å². The molecule has 1 fully saturated rings. The normalized spacial score (nSPS) is 39.0. The zero-order chi connectivity index (χ0) is 6.91. The van der Waals surface area contributed by atoms with Crippen molar-refractivity contribution in [2.45, 2.75) is 18.9 Å². The Kier molecular flexibility index (Phi) is 1.22. The van der Waals surface area contributed by atoms with Crippen LogP contribution in [0.15, 0.2) is 17.8 Å². The summed E-state index contributed by atoms with van der Waals surface area (Å²) in [6.45, 7) is 5.65. The highest BCUT2D eigenvalue weighted by atomic mass is 15.2. The first-order valence-corrected chi connectivity index (χ1v) is 2.95. The van der Waals surface area contributed by atoms with Gasteiger partial charge in [0.05, 0.1) is 5.54 Å². The van der Waals surface area contributed by atoms with E-state index in [4.69, 9.17) is 5.53 Å². The molecule has 9 heavy (non-hydrogen) atoms. The number of azide groups is 1. The van der Waals surface area contributed by atoms with Gasteiger partial charge in [0.1, 0.15) is 0 Å². The van der Waals surface area contributed by atoms with Crippen molar-refractivity contribution in [3.8, 4) is 0 Å². The van der Waals surface area contributed by atoms with Gasteiger partial charge in [-0.3, -0.25) is 0 Å². The molecule has 0 unspecified atom stereocenters. The molecule has 0 aromatic rings. The van der Waals surface area contributed by atoms with Crippen molar-refractivity contribution in [1.29, 1.82) is 0 Å². The van der Waals surface area contributed by atoms with E-state index >= 15 is 0 Å². The summed E-state index contributed by atoms with van der Waals surface area (Å²) in [6, 6.07) is 0. The largest absolute Gasteiger partial charge is 0.102 e. The number of rotatable bonds is 2. The van der Waals surface area contributed by atoms with Gasteiger partial charge in [0.25, 0.3) is 0 Å². The topological polar surface area (TPSA) is 48.8 Å². The highest BCUT2D eigenvalue weighted by Crippen LogP contribution is 2.47. The number of nitrogens with zero attached hydrogens (tertiary/aromatic N) is 3. The lowest BCUT2D eigenvalue weighted by Crippen LogP contribution is -1.99. The van der Waals surface area contributed by atoms with Gasteiger partial charge in [-0.05, 0) is 17.9 Å². The van der Waals surface area contributed by atoms with Crippen molar-refractivity contribution in [1.82, 2.24) is 0 Å². The van der Waals surface area contributed by atoms with Crippen LogP contribution in [0.2, 0.25) is 0 Å². The minimum absolute atomic E-state index is 0.227. The van der Waals surface area contributed by atoms with Crippen LogP contribution in [0, 0.1) is 5.92 Å². The molecule has 3 heteroatoms. The minimum Gasteiger partial charge on any atom is -0.102 e. The first-order valence-electron chi connectivity index (χ1n) is 2.95. The third kappa shape index (κ3) is 0.794. The average Bonchev–Trinajstić information content (AvgIpc) is 2.45. The second-order valence-corrected chi connectivity index (χ2v) is 2.49. The first-order chi connectivity index (χ1) is 4.25. The molecular formula is C6H9N3. The van der Waals surface area contributed by atoms with E-state index in [1.807, 2.05) is 0 Å². The molecule has 0 aromatic heterocycles. The fraction of sp³-hybridized carbons (Fsp3) is 0.667. The molecule has 0 radical (unpaired) electrons. The Hall–Kier alpha value is -0.950. The van der Waals surface area contributed by atoms with Gasteiger partial charge in [-0.1, -0.05) is 18.1 Å². The maximum Gasteiger partial charge on any atom is 0.0694 e. The first kappa shape index (κ1) is 6.17. The van der Waals surface area contributed by atoms with Crippen molar-refractivity contribution < 1.29 is 0 Å². The van der Waals surface area contributed by atoms with Crippen LogP contribution in [0.3, 0.4) is 0 Å². The Bertz CT molecular complexity index is 181. The summed E-state index contributed by atoms with van der Waals surface area (Å²) in [5.41, 5.74) is 7.87. The SMILES string of the molecule is C=C[C@@]1(N=[N+]=[N-])C[C@@H]1C. The molecule has 0 amide bonds. The monoisotopic (exact) mass is 123 g/mol. The predicted molar refractivity (Wildman–Crippen MR) is 35.9 cm³/mol. The van der Waals surface area contributed by atoms with Gasteiger partial charge in [0.2, 0.25) is 0 Å². The lowest BCUT2D eigenvalue weighted by Gasteiger charge is -1.96. The van der Waals surface area contributed by atoms with Crippen LogP contribution in [-0.4, -0.2) is 5.54 Å². The van der Waals surface area contributed by atoms with Crippen molar-refractivity contribution in [3.05, 3.63) is 23.1 Å². The van der Waals surface area contributed by atoms with Gasteiger partial charge in [0.15, 0.2) is 0 Å². The molecule has 0 saturated heterocycles. The molecule has 0 aromatic carbocycles. The highest BCUT2D eigenvalue weighted by Gasteiger charge is 2.47. The summed E-state index contributed by atoms with van der Waals surface area (Å²) in [5.74, 6) is 0.492. The van der Waals surface area contributed by atoms with Crippen molar-refractivity contribution in [2.75, 3.05) is 0 Å². The molecule has 2 atom stereocenters. The van der Waals surface area contributed by atoms with Crippen LogP contribution < -0.4 is 0 Å². The summed E-state index contributed by atoms with van der Waals surface area (Å²) in [5, 5.41) is 3.63. The highest BCUT2D eigenvalue weighted by molar-refractivity contribution is 5.19. The van der Waals surface area contributed by atoms with E-state index in [1.54, 1.807) is 6.08 Å². The zero-order valence-corrected chi connectivity index (χ0v) is 5.41. The van der Waals surface area contributed by atoms with E-state index in [0.29, 0.717) is 5.92 Å². The Morgan fingerprint density at radius 1 is 2.00 bits per heavy atom. The Labute approximate surface area is 54.0 Å². The van der Waals surface area contributed by atoms with Crippen LogP contribution in [0.4, 0.5) is 0 Å². The third-order valence-electron chi connectivity index (χ3n) is 1.91. The van der Waals surface area contributed by atoms with Crippen LogP contribution >= 0.6 is 0 Å². The maximum atomic E-state index is 8.10. The van der Waals surface area contributed by atoms with Crippen molar-refractivity contribution in [2.24, 2.45) is 11.0 Å². The second kappa shape index (κ2) is 1.78. The van der Waals surface area contributed by atoms with Gasteiger partial charge < -0.3 is 0 Å². The van der Waals surface area contributed by atoms with Gasteiger partial charge in [-0.2, -0.15) is 0 Å². The summed E-state index contributed by atoms with van der Waals surface area (Å²) in [7, 11) is 0. The zero-order valence-electron chi connectivity index (χ0n) is 5.41. The molecule has 3 nitrogen and oxygen atoms in total. The molecule has 1 rings (SSSR count). The Morgan fingerprint density at radius 2 is 2.56 bits per heavy atom. The van der Waals surface area contributed by atoms with Gasteiger partial charge in [-0.15, -0.1) is 6.58 Å². The predicted octanol–water partition coefficient (Wildman–Crippen LogP) is 2.26. The maximum absolute atomic E-state index is 8.10. The summed E-state index contributed by atoms with van der Waals surface area (Å²) >= 11 is 0. The average molecular weight is 123 g/mol. The van der Waals surface area contributed by atoms with E-state index in [0.717, 1.165) is 6.42 Å². The molecule has 48 valence electrons. The fourth-order valence-corrected chi connectivity index (χ4v) is 0.980. The molecule has 0 aliphatic heterocycles. The van der Waals surface area contributed by atoms with Crippen LogP contribution in [0.5, 0.6) is 0 Å². The van der Waals surface area contributed by atoms with Crippen LogP contribution in [-0.2, 0) is 0 Å². The number of hydrogen-bond acceptors (Lipinski definition) is 1. The Balaban J connectivity index is 2.73. The van der Waals surface area contributed by atoms with Gasteiger partial charge in [0, 0.05) is 4.91 Å². The lowest BCUT2D eigenvalue weighted by atomic mass is 10.2. The number of hydrogen-bond donors (Lipinski definition) is 0. The Morgan fingerprint density at radius 3 is 2.67 bits per heavy atom. The second-order valence-electron chi connectivity index (χ2n) is 2.49. The van der Waals surface area contributed by atoms with Crippen molar-refractivity contribution >= 4 is 0 Å². The smallest absolute Gasteiger partial charge is 0.0694 e. The van der Waals surface area contributed by atoms with Gasteiger partial charge >= 0.3 is 0 Å². The fourth-order valence-electron chi connectivity index (χ4n) is 0.980. The van der Waals surface area contributed by atoms with Crippen LogP contribution in [0.25, 0.3) is 10.4 Å². The molecule has 0 bridgehead atoms. The van der Waals surface area contributed by atoms with E-state index < -0.39 is 0 Å². The minimum atomic E-state index is -0.227. The van der Waals surface area contributed by atoms with Crippen LogP contribution in [0.1, 0.15) is 13.3 Å². The van der Waals surface area contributed by atoms with E-state index in [1.165, 1.54) is 0 Å². The molecular weight excluding hydrogens is 114 g/mol. The molecule has 1 aliphatic carbocycles. The van der Waals surface area contributed by atoms with E-state index in [-0.39, 0.29) is 5.54 Å². The third-order valence-corrected chi connectivity index (χ3v) is 1.91. The summed E-state index contributed by atoms with van der Waals surface area (Å²) < 4.78 is 0. The van der Waals surface area contributed by atoms with Crippen molar-refractivity contribution in [3.63, 3.8) is 0 Å². The van der Waals surface area contributed by atoms with E-state index in [9.17, 15) is 0 Å². The molecule has 1 saturated carbocycles. The molecule has 1 aliphatic rings. The summed E-state index contributed by atoms with van der Waals surface area (Å²) in [6.07, 6.45) is 2.69. The molecule has 0 N–H and O–H groups in total.